The van der Waals surface area contributed by atoms with E-state index in [0.717, 1.165) is 32.9 Å². The fraction of sp³-hybridized carbons (Fsp3) is 0.143. The number of aromatic amines is 1. The number of carbonyl (C=O) groups excluding carboxylic acids is 1. The predicted molar refractivity (Wildman–Crippen MR) is 107 cm³/mol. The molecule has 0 fully saturated rings. The molecule has 1 amide bonds. The third kappa shape index (κ3) is 2.93. The van der Waals surface area contributed by atoms with Gasteiger partial charge in [0.1, 0.15) is 5.82 Å². The number of nitrogens with one attached hydrogen (secondary N) is 2. The van der Waals surface area contributed by atoms with Crippen LogP contribution >= 0.6 is 11.6 Å². The number of anilines is 1. The maximum Gasteiger partial charge on any atom is 0.232 e. The quantitative estimate of drug-likeness (QED) is 0.510. The number of hydrogen-bond donors (Lipinski definition) is 2. The molecule has 0 saturated carbocycles. The summed E-state index contributed by atoms with van der Waals surface area (Å²) in [6.45, 7) is 3.82. The van der Waals surface area contributed by atoms with Gasteiger partial charge < -0.3 is 10.3 Å². The van der Waals surface area contributed by atoms with Crippen LogP contribution in [-0.2, 0) is 4.79 Å². The summed E-state index contributed by atoms with van der Waals surface area (Å²) in [5.41, 5.74) is 3.91. The van der Waals surface area contributed by atoms with Gasteiger partial charge in [0, 0.05) is 33.0 Å². The first-order valence-corrected chi connectivity index (χ1v) is 8.84. The largest absolute Gasteiger partial charge is 0.355 e. The van der Waals surface area contributed by atoms with Gasteiger partial charge in [-0.25, -0.2) is 4.98 Å². The van der Waals surface area contributed by atoms with E-state index in [0.29, 0.717) is 10.8 Å². The van der Waals surface area contributed by atoms with Crippen molar-refractivity contribution in [3.05, 3.63) is 70.9 Å². The Morgan fingerprint density at radius 2 is 1.96 bits per heavy atom. The predicted octanol–water partition coefficient (Wildman–Crippen LogP) is 5.42. The van der Waals surface area contributed by atoms with E-state index in [2.05, 4.69) is 15.3 Å². The maximum absolute atomic E-state index is 12.6. The summed E-state index contributed by atoms with van der Waals surface area (Å²) in [6.07, 6.45) is 1.68. The fourth-order valence-electron chi connectivity index (χ4n) is 3.16. The van der Waals surface area contributed by atoms with Crippen molar-refractivity contribution in [2.24, 2.45) is 0 Å². The second-order valence-corrected chi connectivity index (χ2v) is 6.94. The van der Waals surface area contributed by atoms with Crippen LogP contribution in [0.3, 0.4) is 0 Å². The summed E-state index contributed by atoms with van der Waals surface area (Å²) in [6, 6.07) is 15.6. The van der Waals surface area contributed by atoms with Gasteiger partial charge in [-0.15, -0.1) is 0 Å². The number of H-pyrrole nitrogens is 1. The summed E-state index contributed by atoms with van der Waals surface area (Å²) in [7, 11) is 0. The van der Waals surface area contributed by atoms with Crippen LogP contribution in [0.25, 0.3) is 21.8 Å². The number of aryl methyl sites for hydroxylation is 1. The molecule has 4 aromatic rings. The van der Waals surface area contributed by atoms with Crippen LogP contribution in [-0.4, -0.2) is 15.9 Å². The monoisotopic (exact) mass is 363 g/mol. The highest BCUT2D eigenvalue weighted by molar-refractivity contribution is 6.31. The maximum atomic E-state index is 12.6. The summed E-state index contributed by atoms with van der Waals surface area (Å²) < 4.78 is 0. The first kappa shape index (κ1) is 16.6. The van der Waals surface area contributed by atoms with Crippen LogP contribution in [0.15, 0.2) is 54.7 Å². The third-order valence-corrected chi connectivity index (χ3v) is 4.96. The van der Waals surface area contributed by atoms with E-state index in [4.69, 9.17) is 11.6 Å². The molecule has 0 aliphatic heterocycles. The Balaban J connectivity index is 1.66. The normalized spacial score (nSPS) is 12.4. The summed E-state index contributed by atoms with van der Waals surface area (Å²) >= 11 is 6.12. The Morgan fingerprint density at radius 3 is 2.77 bits per heavy atom. The molecule has 5 heteroatoms. The average molecular weight is 364 g/mol. The summed E-state index contributed by atoms with van der Waals surface area (Å²) in [5.74, 6) is 0.229. The summed E-state index contributed by atoms with van der Waals surface area (Å²) in [4.78, 5) is 20.3. The molecule has 0 bridgehead atoms. The van der Waals surface area contributed by atoms with Crippen LogP contribution in [0.2, 0.25) is 5.02 Å². The van der Waals surface area contributed by atoms with Crippen LogP contribution < -0.4 is 5.32 Å². The molecule has 2 aromatic heterocycles. The zero-order chi connectivity index (χ0) is 18.3. The van der Waals surface area contributed by atoms with Gasteiger partial charge >= 0.3 is 0 Å². The van der Waals surface area contributed by atoms with Crippen molar-refractivity contribution in [3.63, 3.8) is 0 Å². The molecule has 0 aliphatic rings. The molecule has 2 heterocycles. The van der Waals surface area contributed by atoms with Crippen LogP contribution in [0.1, 0.15) is 24.0 Å². The van der Waals surface area contributed by atoms with Crippen molar-refractivity contribution < 1.29 is 4.79 Å². The molecule has 1 atom stereocenters. The van der Waals surface area contributed by atoms with E-state index < -0.39 is 0 Å². The zero-order valence-corrected chi connectivity index (χ0v) is 15.3. The van der Waals surface area contributed by atoms with Crippen LogP contribution in [0.4, 0.5) is 5.82 Å². The molecular formula is C21H18ClN3O. The van der Waals surface area contributed by atoms with Crippen LogP contribution in [0.5, 0.6) is 0 Å². The highest BCUT2D eigenvalue weighted by atomic mass is 35.5. The number of carbonyl (C=O) groups is 1. The minimum Gasteiger partial charge on any atom is -0.355 e. The van der Waals surface area contributed by atoms with E-state index in [-0.39, 0.29) is 11.8 Å². The molecule has 4 rings (SSSR count). The first-order chi connectivity index (χ1) is 12.5. The van der Waals surface area contributed by atoms with E-state index in [9.17, 15) is 4.79 Å². The van der Waals surface area contributed by atoms with Crippen molar-refractivity contribution in [1.29, 1.82) is 0 Å². The smallest absolute Gasteiger partial charge is 0.232 e. The Morgan fingerprint density at radius 1 is 1.12 bits per heavy atom. The van der Waals surface area contributed by atoms with Gasteiger partial charge in [-0.2, -0.15) is 0 Å². The number of halogens is 1. The van der Waals surface area contributed by atoms with Gasteiger partial charge in [-0.1, -0.05) is 29.8 Å². The lowest BCUT2D eigenvalue weighted by atomic mass is 9.98. The average Bonchev–Trinajstić information content (AvgIpc) is 3.00. The van der Waals surface area contributed by atoms with Crippen molar-refractivity contribution in [2.45, 2.75) is 19.8 Å². The minimum absolute atomic E-state index is 0.0784. The molecule has 1 unspecified atom stereocenters. The van der Waals surface area contributed by atoms with Gasteiger partial charge in [-0.05, 0) is 55.3 Å². The lowest BCUT2D eigenvalue weighted by molar-refractivity contribution is -0.117. The number of pyridine rings is 1. The molecule has 0 radical (unpaired) electrons. The van der Waals surface area contributed by atoms with Gasteiger partial charge in [0.2, 0.25) is 5.91 Å². The van der Waals surface area contributed by atoms with E-state index in [1.807, 2.05) is 62.4 Å². The topological polar surface area (TPSA) is 57.8 Å². The first-order valence-electron chi connectivity index (χ1n) is 8.46. The Labute approximate surface area is 156 Å². The molecular weight excluding hydrogens is 346 g/mol. The lowest BCUT2D eigenvalue weighted by Gasteiger charge is -2.13. The van der Waals surface area contributed by atoms with E-state index in [1.54, 1.807) is 6.20 Å². The number of nitrogens with zero attached hydrogens (tertiary/aromatic N) is 1. The Bertz CT molecular complexity index is 1130. The number of rotatable bonds is 3. The van der Waals surface area contributed by atoms with Gasteiger partial charge in [-0.3, -0.25) is 4.79 Å². The van der Waals surface area contributed by atoms with E-state index >= 15 is 0 Å². The van der Waals surface area contributed by atoms with Crippen molar-refractivity contribution in [2.75, 3.05) is 5.32 Å². The number of aromatic nitrogens is 2. The number of hydrogen-bond acceptors (Lipinski definition) is 2. The molecule has 0 aliphatic carbocycles. The molecule has 0 saturated heterocycles. The standard InChI is InChI=1S/C21H18ClN3O/c1-12-4-3-9-23-20(12)25-21(26)13(2)14-5-7-16-17-11-15(22)6-8-18(17)24-19(16)10-14/h3-11,13,24H,1-2H3,(H,23,25,26). The van der Waals surface area contributed by atoms with Gasteiger partial charge in [0.25, 0.3) is 0 Å². The molecule has 130 valence electrons. The fourth-order valence-corrected chi connectivity index (χ4v) is 3.33. The molecule has 2 aromatic carbocycles. The van der Waals surface area contributed by atoms with Crippen molar-refractivity contribution >= 4 is 45.1 Å². The highest BCUT2D eigenvalue weighted by Crippen LogP contribution is 2.30. The van der Waals surface area contributed by atoms with E-state index in [1.165, 1.54) is 0 Å². The molecule has 2 N–H and O–H groups in total. The molecule has 0 spiro atoms. The Hall–Kier alpha value is -2.85. The summed E-state index contributed by atoms with van der Waals surface area (Å²) in [5, 5.41) is 5.80. The molecule has 4 nitrogen and oxygen atoms in total. The number of fused-ring (bicyclic) bond motifs is 3. The second kappa shape index (κ2) is 6.46. The second-order valence-electron chi connectivity index (χ2n) is 6.50. The van der Waals surface area contributed by atoms with Gasteiger partial charge in [0.05, 0.1) is 5.92 Å². The van der Waals surface area contributed by atoms with Crippen molar-refractivity contribution in [3.8, 4) is 0 Å². The van der Waals surface area contributed by atoms with Gasteiger partial charge in [0.15, 0.2) is 0 Å². The minimum atomic E-state index is -0.296. The van der Waals surface area contributed by atoms with Crippen molar-refractivity contribution in [1.82, 2.24) is 9.97 Å². The number of benzene rings is 2. The number of amides is 1. The lowest BCUT2D eigenvalue weighted by Crippen LogP contribution is -2.20. The SMILES string of the molecule is Cc1cccnc1NC(=O)C(C)c1ccc2c(c1)[nH]c1ccc(Cl)cc12. The Kier molecular flexibility index (Phi) is 4.13. The highest BCUT2D eigenvalue weighted by Gasteiger charge is 2.17. The third-order valence-electron chi connectivity index (χ3n) is 4.73. The van der Waals surface area contributed by atoms with Crippen LogP contribution in [0, 0.1) is 6.92 Å². The molecule has 26 heavy (non-hydrogen) atoms. The zero-order valence-electron chi connectivity index (χ0n) is 14.5.